The van der Waals surface area contributed by atoms with E-state index in [0.717, 1.165) is 18.5 Å². The number of ether oxygens (including phenoxy) is 1. The Morgan fingerprint density at radius 2 is 2.14 bits per heavy atom. The summed E-state index contributed by atoms with van der Waals surface area (Å²) >= 11 is 0. The zero-order valence-corrected chi connectivity index (χ0v) is 13.7. The van der Waals surface area contributed by atoms with Gasteiger partial charge in [-0.05, 0) is 38.7 Å². The summed E-state index contributed by atoms with van der Waals surface area (Å²) in [4.78, 5) is 14.3. The first-order valence-corrected chi connectivity index (χ1v) is 7.35. The Morgan fingerprint density at radius 1 is 1.41 bits per heavy atom. The van der Waals surface area contributed by atoms with Crippen molar-refractivity contribution in [3.63, 3.8) is 0 Å². The first-order chi connectivity index (χ1) is 10.5. The molecule has 0 fully saturated rings. The van der Waals surface area contributed by atoms with E-state index in [1.807, 2.05) is 25.9 Å². The molecule has 0 aliphatic heterocycles. The molecule has 22 heavy (non-hydrogen) atoms. The fourth-order valence-corrected chi connectivity index (χ4v) is 2.04. The molecule has 0 radical (unpaired) electrons. The molecular formula is C16H25N3O3. The lowest BCUT2D eigenvalue weighted by molar-refractivity contribution is 0.0948. The van der Waals surface area contributed by atoms with Crippen LogP contribution in [-0.4, -0.2) is 56.0 Å². The van der Waals surface area contributed by atoms with Crippen LogP contribution in [0.1, 0.15) is 35.7 Å². The maximum atomic E-state index is 12.3. The molecule has 122 valence electrons. The summed E-state index contributed by atoms with van der Waals surface area (Å²) in [5, 5.41) is 15.3. The summed E-state index contributed by atoms with van der Waals surface area (Å²) in [6.07, 6.45) is 1.50. The predicted molar refractivity (Wildman–Crippen MR) is 87.1 cm³/mol. The van der Waals surface area contributed by atoms with Gasteiger partial charge >= 0.3 is 0 Å². The van der Waals surface area contributed by atoms with Crippen molar-refractivity contribution in [1.82, 2.24) is 10.2 Å². The third kappa shape index (κ3) is 5.04. The molecule has 0 atom stereocenters. The summed E-state index contributed by atoms with van der Waals surface area (Å²) < 4.78 is 5.25. The summed E-state index contributed by atoms with van der Waals surface area (Å²) in [6.45, 7) is 3.31. The molecule has 6 nitrogen and oxygen atoms in total. The Kier molecular flexibility index (Phi) is 7.39. The highest BCUT2D eigenvalue weighted by Gasteiger charge is 2.15. The number of nitrogens with zero attached hydrogens (tertiary/aromatic N) is 2. The zero-order chi connectivity index (χ0) is 16.5. The Labute approximate surface area is 131 Å². The lowest BCUT2D eigenvalue weighted by Gasteiger charge is -2.13. The largest absolute Gasteiger partial charge is 0.496 e. The van der Waals surface area contributed by atoms with Crippen molar-refractivity contribution in [2.24, 2.45) is 5.16 Å². The summed E-state index contributed by atoms with van der Waals surface area (Å²) in [7, 11) is 5.42. The van der Waals surface area contributed by atoms with E-state index in [0.29, 0.717) is 30.0 Å². The predicted octanol–water partition coefficient (Wildman–Crippen LogP) is 1.97. The van der Waals surface area contributed by atoms with Crippen LogP contribution in [0, 0.1) is 0 Å². The van der Waals surface area contributed by atoms with Gasteiger partial charge < -0.3 is 20.2 Å². The van der Waals surface area contributed by atoms with Gasteiger partial charge in [-0.1, -0.05) is 18.5 Å². The van der Waals surface area contributed by atoms with Gasteiger partial charge in [-0.3, -0.25) is 4.79 Å². The minimum Gasteiger partial charge on any atom is -0.496 e. The average molecular weight is 307 g/mol. The smallest absolute Gasteiger partial charge is 0.255 e. The molecular weight excluding hydrogens is 282 g/mol. The molecule has 0 bridgehead atoms. The lowest BCUT2D eigenvalue weighted by Crippen LogP contribution is -2.31. The fraction of sp³-hybridized carbons (Fsp3) is 0.500. The third-order valence-electron chi connectivity index (χ3n) is 3.23. The molecule has 0 saturated carbocycles. The Bertz CT molecular complexity index is 527. The fourth-order valence-electron chi connectivity index (χ4n) is 2.04. The molecule has 0 aliphatic carbocycles. The van der Waals surface area contributed by atoms with Crippen molar-refractivity contribution in [2.75, 3.05) is 34.3 Å². The topological polar surface area (TPSA) is 74.2 Å². The lowest BCUT2D eigenvalue weighted by atomic mass is 10.0. The molecule has 0 aromatic heterocycles. The third-order valence-corrected chi connectivity index (χ3v) is 3.23. The van der Waals surface area contributed by atoms with Gasteiger partial charge in [0.25, 0.3) is 5.91 Å². The average Bonchev–Trinajstić information content (AvgIpc) is 2.51. The van der Waals surface area contributed by atoms with Crippen LogP contribution in [0.25, 0.3) is 0 Å². The van der Waals surface area contributed by atoms with Crippen LogP contribution >= 0.6 is 0 Å². The first-order valence-electron chi connectivity index (χ1n) is 7.35. The Hall–Kier alpha value is -2.08. The van der Waals surface area contributed by atoms with Gasteiger partial charge in [-0.2, -0.15) is 0 Å². The molecule has 6 heteroatoms. The van der Waals surface area contributed by atoms with Gasteiger partial charge in [0, 0.05) is 18.7 Å². The number of benzene rings is 1. The number of rotatable bonds is 8. The summed E-state index contributed by atoms with van der Waals surface area (Å²) in [6, 6.07) is 5.21. The van der Waals surface area contributed by atoms with Crippen molar-refractivity contribution in [3.8, 4) is 5.75 Å². The molecule has 1 rings (SSSR count). The van der Waals surface area contributed by atoms with Crippen LogP contribution in [-0.2, 0) is 0 Å². The molecule has 0 aliphatic rings. The van der Waals surface area contributed by atoms with Gasteiger partial charge in [0.2, 0.25) is 0 Å². The minimum absolute atomic E-state index is 0.200. The second kappa shape index (κ2) is 9.04. The number of hydrogen-bond donors (Lipinski definition) is 2. The second-order valence-corrected chi connectivity index (χ2v) is 5.27. The van der Waals surface area contributed by atoms with Gasteiger partial charge in [-0.15, -0.1) is 0 Å². The van der Waals surface area contributed by atoms with E-state index in [9.17, 15) is 4.79 Å². The highest BCUT2D eigenvalue weighted by atomic mass is 16.5. The van der Waals surface area contributed by atoms with Crippen LogP contribution < -0.4 is 10.1 Å². The normalized spacial score (nSPS) is 11.6. The zero-order valence-electron chi connectivity index (χ0n) is 13.7. The van der Waals surface area contributed by atoms with Crippen LogP contribution in [0.3, 0.4) is 0 Å². The van der Waals surface area contributed by atoms with Crippen molar-refractivity contribution >= 4 is 11.6 Å². The summed E-state index contributed by atoms with van der Waals surface area (Å²) in [5.74, 6) is 0.300. The molecule has 0 saturated heterocycles. The van der Waals surface area contributed by atoms with E-state index in [2.05, 4.69) is 10.5 Å². The van der Waals surface area contributed by atoms with Crippen LogP contribution in [0.5, 0.6) is 5.75 Å². The highest BCUT2D eigenvalue weighted by Crippen LogP contribution is 2.21. The quantitative estimate of drug-likeness (QED) is 0.437. The molecule has 1 aromatic carbocycles. The first kappa shape index (κ1) is 18.0. The van der Waals surface area contributed by atoms with Crippen molar-refractivity contribution < 1.29 is 14.7 Å². The van der Waals surface area contributed by atoms with Gasteiger partial charge in [-0.25, -0.2) is 0 Å². The number of amides is 1. The Balaban J connectivity index is 2.98. The number of carbonyl (C=O) groups excluding carboxylic acids is 1. The SMILES string of the molecule is CCCC(=NO)c1ccc(OC)c(C(=O)NCCN(C)C)c1. The van der Waals surface area contributed by atoms with Crippen LogP contribution in [0.2, 0.25) is 0 Å². The van der Waals surface area contributed by atoms with Crippen molar-refractivity contribution in [3.05, 3.63) is 29.3 Å². The summed E-state index contributed by atoms with van der Waals surface area (Å²) in [5.41, 5.74) is 1.73. The van der Waals surface area contributed by atoms with Crippen LogP contribution in [0.15, 0.2) is 23.4 Å². The second-order valence-electron chi connectivity index (χ2n) is 5.27. The number of hydrogen-bond acceptors (Lipinski definition) is 5. The van der Waals surface area contributed by atoms with E-state index in [-0.39, 0.29) is 5.91 Å². The number of methoxy groups -OCH3 is 1. The van der Waals surface area contributed by atoms with Crippen molar-refractivity contribution in [1.29, 1.82) is 0 Å². The van der Waals surface area contributed by atoms with E-state index in [4.69, 9.17) is 9.94 Å². The van der Waals surface area contributed by atoms with E-state index in [1.165, 1.54) is 7.11 Å². The molecule has 0 heterocycles. The number of likely N-dealkylation sites (N-methyl/N-ethyl adjacent to an activating group) is 1. The molecule has 2 N–H and O–H groups in total. The van der Waals surface area contributed by atoms with E-state index in [1.54, 1.807) is 18.2 Å². The maximum absolute atomic E-state index is 12.3. The highest BCUT2D eigenvalue weighted by molar-refractivity contribution is 6.04. The molecule has 0 spiro atoms. The molecule has 1 aromatic rings. The van der Waals surface area contributed by atoms with Gasteiger partial charge in [0.15, 0.2) is 0 Å². The number of carbonyl (C=O) groups is 1. The van der Waals surface area contributed by atoms with Crippen LogP contribution in [0.4, 0.5) is 0 Å². The number of oxime groups is 1. The molecule has 1 amide bonds. The standard InChI is InChI=1S/C16H25N3O3/c1-5-6-14(18-21)12-7-8-15(22-4)13(11-12)16(20)17-9-10-19(2)3/h7-8,11,21H,5-6,9-10H2,1-4H3,(H,17,20). The number of nitrogens with one attached hydrogen (secondary N) is 1. The van der Waals surface area contributed by atoms with E-state index >= 15 is 0 Å². The minimum atomic E-state index is -0.200. The Morgan fingerprint density at radius 3 is 2.68 bits per heavy atom. The maximum Gasteiger partial charge on any atom is 0.255 e. The van der Waals surface area contributed by atoms with Crippen molar-refractivity contribution in [2.45, 2.75) is 19.8 Å². The van der Waals surface area contributed by atoms with E-state index < -0.39 is 0 Å². The van der Waals surface area contributed by atoms with Gasteiger partial charge in [0.05, 0.1) is 18.4 Å². The van der Waals surface area contributed by atoms with Gasteiger partial charge in [0.1, 0.15) is 5.75 Å². The molecule has 0 unspecified atom stereocenters. The monoisotopic (exact) mass is 307 g/mol.